The second kappa shape index (κ2) is 7.74. The summed E-state index contributed by atoms with van der Waals surface area (Å²) in [5.41, 5.74) is 6.22. The summed E-state index contributed by atoms with van der Waals surface area (Å²) < 4.78 is 5.51. The van der Waals surface area contributed by atoms with Crippen LogP contribution >= 0.6 is 0 Å². The molecule has 1 aliphatic rings. The Balaban J connectivity index is 1.85. The van der Waals surface area contributed by atoms with Crippen molar-refractivity contribution < 1.29 is 14.3 Å². The molecule has 1 saturated heterocycles. The molecule has 2 N–H and O–H groups in total. The molecule has 1 fully saturated rings. The molecule has 7 nitrogen and oxygen atoms in total. The Morgan fingerprint density at radius 1 is 1.04 bits per heavy atom. The van der Waals surface area contributed by atoms with Gasteiger partial charge < -0.3 is 15.4 Å². The van der Waals surface area contributed by atoms with E-state index in [2.05, 4.69) is 9.97 Å². The van der Waals surface area contributed by atoms with E-state index in [1.54, 1.807) is 29.2 Å². The predicted octanol–water partition coefficient (Wildman–Crippen LogP) is 1.97. The highest BCUT2D eigenvalue weighted by Crippen LogP contribution is 2.24. The molecule has 130 valence electrons. The molecule has 0 unspecified atom stereocenters. The van der Waals surface area contributed by atoms with E-state index in [1.807, 2.05) is 6.07 Å². The van der Waals surface area contributed by atoms with E-state index in [0.29, 0.717) is 18.7 Å². The summed E-state index contributed by atoms with van der Waals surface area (Å²) in [6, 6.07) is 8.97. The van der Waals surface area contributed by atoms with Crippen molar-refractivity contribution in [3.8, 4) is 0 Å². The monoisotopic (exact) mass is 340 g/mol. The first-order valence-electron chi connectivity index (χ1n) is 8.28. The summed E-state index contributed by atoms with van der Waals surface area (Å²) in [7, 11) is 0. The molecule has 0 bridgehead atoms. The van der Waals surface area contributed by atoms with Crippen LogP contribution in [0.5, 0.6) is 0 Å². The van der Waals surface area contributed by atoms with Gasteiger partial charge in [0, 0.05) is 31.0 Å². The molecule has 2 aromatic rings. The summed E-state index contributed by atoms with van der Waals surface area (Å²) in [6.07, 6.45) is 4.75. The Morgan fingerprint density at radius 2 is 1.72 bits per heavy atom. The first-order chi connectivity index (χ1) is 12.2. The number of benzene rings is 1. The summed E-state index contributed by atoms with van der Waals surface area (Å²) in [6.45, 7) is 1.35. The number of likely N-dealkylation sites (tertiary alicyclic amines) is 1. The second-order valence-electron chi connectivity index (χ2n) is 5.87. The van der Waals surface area contributed by atoms with Crippen molar-refractivity contribution in [2.24, 2.45) is 0 Å². The van der Waals surface area contributed by atoms with Crippen LogP contribution in [0.15, 0.2) is 42.7 Å². The van der Waals surface area contributed by atoms with Crippen molar-refractivity contribution in [2.75, 3.05) is 18.8 Å². The van der Waals surface area contributed by atoms with E-state index in [1.165, 1.54) is 12.4 Å². The number of amides is 1. The average Bonchev–Trinajstić information content (AvgIpc) is 2.67. The van der Waals surface area contributed by atoms with Gasteiger partial charge in [-0.15, -0.1) is 0 Å². The van der Waals surface area contributed by atoms with Crippen LogP contribution in [0.4, 0.5) is 5.82 Å². The Morgan fingerprint density at radius 3 is 2.40 bits per heavy atom. The van der Waals surface area contributed by atoms with Crippen molar-refractivity contribution in [2.45, 2.75) is 25.4 Å². The van der Waals surface area contributed by atoms with Gasteiger partial charge in [-0.25, -0.2) is 14.8 Å². The minimum atomic E-state index is -1.02. The third-order valence-electron chi connectivity index (χ3n) is 4.14. The van der Waals surface area contributed by atoms with Crippen LogP contribution in [0.1, 0.15) is 41.4 Å². The van der Waals surface area contributed by atoms with Crippen molar-refractivity contribution in [3.63, 3.8) is 0 Å². The van der Waals surface area contributed by atoms with Crippen molar-refractivity contribution >= 4 is 17.7 Å². The van der Waals surface area contributed by atoms with Gasteiger partial charge in [0.25, 0.3) is 5.91 Å². The number of carbonyl (C=O) groups is 2. The largest absolute Gasteiger partial charge is 0.442 e. The summed E-state index contributed by atoms with van der Waals surface area (Å²) in [5, 5.41) is 0. The normalized spacial score (nSPS) is 15.4. The number of hydrogen-bond donors (Lipinski definition) is 1. The third-order valence-corrected chi connectivity index (χ3v) is 4.14. The molecule has 0 saturated carbocycles. The van der Waals surface area contributed by atoms with Crippen molar-refractivity contribution in [3.05, 3.63) is 54.0 Å². The van der Waals surface area contributed by atoms with E-state index >= 15 is 0 Å². The number of nitrogens with two attached hydrogens (primary N) is 1. The van der Waals surface area contributed by atoms with Gasteiger partial charge >= 0.3 is 5.97 Å². The molecule has 1 aromatic heterocycles. The lowest BCUT2D eigenvalue weighted by molar-refractivity contribution is -0.142. The zero-order chi connectivity index (χ0) is 17.6. The zero-order valence-electron chi connectivity index (χ0n) is 13.8. The molecule has 1 aromatic carbocycles. The smallest absolute Gasteiger partial charge is 0.361 e. The van der Waals surface area contributed by atoms with Gasteiger partial charge in [-0.3, -0.25) is 4.79 Å². The van der Waals surface area contributed by atoms with Crippen LogP contribution in [0.25, 0.3) is 0 Å². The molecule has 1 amide bonds. The molecular formula is C18H20N4O3. The number of aromatic nitrogens is 2. The van der Waals surface area contributed by atoms with Crippen LogP contribution in [-0.4, -0.2) is 39.8 Å². The lowest BCUT2D eigenvalue weighted by Gasteiger charge is -2.30. The standard InChI is InChI=1S/C18H20N4O3/c19-16-14(20-9-10-21-16)18(24)25-15(13-7-3-1-4-8-13)17(23)22-11-5-2-6-12-22/h1,3-4,7-10,15H,2,5-6,11-12H2,(H2,19,21)/t15-/m0/s1. The van der Waals surface area contributed by atoms with Gasteiger partial charge in [0.15, 0.2) is 11.5 Å². The fraction of sp³-hybridized carbons (Fsp3) is 0.333. The molecule has 3 rings (SSSR count). The van der Waals surface area contributed by atoms with Crippen molar-refractivity contribution in [1.29, 1.82) is 0 Å². The van der Waals surface area contributed by atoms with Gasteiger partial charge in [-0.05, 0) is 19.3 Å². The van der Waals surface area contributed by atoms with Gasteiger partial charge in [-0.1, -0.05) is 30.3 Å². The highest BCUT2D eigenvalue weighted by Gasteiger charge is 2.31. The highest BCUT2D eigenvalue weighted by molar-refractivity contribution is 5.94. The number of ether oxygens (including phenoxy) is 1. The van der Waals surface area contributed by atoms with Crippen LogP contribution < -0.4 is 5.73 Å². The number of rotatable bonds is 4. The Labute approximate surface area is 145 Å². The fourth-order valence-corrected chi connectivity index (χ4v) is 2.84. The minimum Gasteiger partial charge on any atom is -0.442 e. The van der Waals surface area contributed by atoms with Gasteiger partial charge in [0.2, 0.25) is 6.10 Å². The third kappa shape index (κ3) is 3.93. The molecule has 25 heavy (non-hydrogen) atoms. The van der Waals surface area contributed by atoms with Gasteiger partial charge in [0.1, 0.15) is 0 Å². The lowest BCUT2D eigenvalue weighted by Crippen LogP contribution is -2.40. The number of hydrogen-bond acceptors (Lipinski definition) is 6. The summed E-state index contributed by atoms with van der Waals surface area (Å²) in [5.74, 6) is -1.00. The molecular weight excluding hydrogens is 320 g/mol. The summed E-state index contributed by atoms with van der Waals surface area (Å²) in [4.78, 5) is 34.9. The SMILES string of the molecule is Nc1nccnc1C(=O)O[C@H](C(=O)N1CCCCC1)c1ccccc1. The first kappa shape index (κ1) is 16.9. The summed E-state index contributed by atoms with van der Waals surface area (Å²) >= 11 is 0. The van der Waals surface area contributed by atoms with Crippen LogP contribution in [0.3, 0.4) is 0 Å². The average molecular weight is 340 g/mol. The molecule has 7 heteroatoms. The van der Waals surface area contributed by atoms with Crippen LogP contribution in [0.2, 0.25) is 0 Å². The van der Waals surface area contributed by atoms with E-state index in [9.17, 15) is 9.59 Å². The highest BCUT2D eigenvalue weighted by atomic mass is 16.5. The molecule has 1 aliphatic heterocycles. The molecule has 1 atom stereocenters. The second-order valence-corrected chi connectivity index (χ2v) is 5.87. The Bertz CT molecular complexity index is 745. The topological polar surface area (TPSA) is 98.4 Å². The van der Waals surface area contributed by atoms with Gasteiger partial charge in [0.05, 0.1) is 0 Å². The number of carbonyl (C=O) groups excluding carboxylic acids is 2. The molecule has 0 radical (unpaired) electrons. The number of piperidine rings is 1. The van der Waals surface area contributed by atoms with E-state index < -0.39 is 12.1 Å². The Hall–Kier alpha value is -2.96. The predicted molar refractivity (Wildman–Crippen MR) is 91.5 cm³/mol. The van der Waals surface area contributed by atoms with Crippen molar-refractivity contribution in [1.82, 2.24) is 14.9 Å². The number of anilines is 1. The molecule has 0 spiro atoms. The quantitative estimate of drug-likeness (QED) is 0.855. The van der Waals surface area contributed by atoms with Crippen LogP contribution in [-0.2, 0) is 9.53 Å². The van der Waals surface area contributed by atoms with Crippen LogP contribution in [0, 0.1) is 0 Å². The maximum Gasteiger partial charge on any atom is 0.361 e. The maximum atomic E-state index is 12.9. The number of nitrogen functional groups attached to an aromatic ring is 1. The fourth-order valence-electron chi connectivity index (χ4n) is 2.84. The lowest BCUT2D eigenvalue weighted by atomic mass is 10.1. The van der Waals surface area contributed by atoms with E-state index in [-0.39, 0.29) is 17.4 Å². The number of nitrogens with zero attached hydrogens (tertiary/aromatic N) is 3. The van der Waals surface area contributed by atoms with E-state index in [0.717, 1.165) is 19.3 Å². The van der Waals surface area contributed by atoms with Gasteiger partial charge in [-0.2, -0.15) is 0 Å². The number of esters is 1. The minimum absolute atomic E-state index is 0.0234. The first-order valence-corrected chi connectivity index (χ1v) is 8.28. The molecule has 0 aliphatic carbocycles. The molecule has 2 heterocycles. The van der Waals surface area contributed by atoms with E-state index in [4.69, 9.17) is 10.5 Å². The maximum absolute atomic E-state index is 12.9. The zero-order valence-corrected chi connectivity index (χ0v) is 13.8. The Kier molecular flexibility index (Phi) is 5.23.